The van der Waals surface area contributed by atoms with Crippen LogP contribution in [-0.4, -0.2) is 0 Å². The number of rotatable bonds is 0. The van der Waals surface area contributed by atoms with Gasteiger partial charge in [0.1, 0.15) is 0 Å². The molecule has 4 heavy (non-hydrogen) atoms. The van der Waals surface area contributed by atoms with E-state index in [-0.39, 0.29) is 18.4 Å². The normalized spacial score (nSPS) is 11.2. The Morgan fingerprint density at radius 2 is 1.00 bits per heavy atom. The van der Waals surface area contributed by atoms with E-state index in [1.165, 1.54) is 0 Å². The Bertz CT molecular complexity index is 8.00. The van der Waals surface area contributed by atoms with Crippen molar-refractivity contribution in [1.29, 1.82) is 0 Å². The first kappa shape index (κ1) is 4.74. The zero-order valence-corrected chi connectivity index (χ0v) is 4.78. The minimum atomic E-state index is 0.110. The molecule has 0 atom stereocenters. The summed E-state index contributed by atoms with van der Waals surface area (Å²) in [5, 5.41) is 6.81. The van der Waals surface area contributed by atoms with Crippen LogP contribution in [0.5, 0.6) is 0 Å². The second kappa shape index (κ2) is 2.01. The van der Waals surface area contributed by atoms with Crippen LogP contribution >= 0.6 is 0 Å². The summed E-state index contributed by atoms with van der Waals surface area (Å²) in [6.07, 6.45) is 0. The predicted octanol–water partition coefficient (Wildman–Crippen LogP) is 1.75. The van der Waals surface area contributed by atoms with E-state index in [1.54, 1.807) is 0 Å². The molecule has 0 unspecified atom stereocenters. The van der Waals surface area contributed by atoms with Crippen LogP contribution in [0.2, 0.25) is 15.4 Å². The van der Waals surface area contributed by atoms with Gasteiger partial charge in [-0.15, -0.1) is 0 Å². The maximum atomic E-state index is 2.27. The van der Waals surface area contributed by atoms with Gasteiger partial charge in [0.15, 0.2) is 0 Å². The molecule has 0 saturated carbocycles. The minimum absolute atomic E-state index is 0.110. The van der Waals surface area contributed by atoms with Crippen LogP contribution in [0.3, 0.4) is 0 Å². The standard InChI is InChI=1S/3CH3.Ag/h3*1H3;. The molecule has 0 aromatic heterocycles. The number of hydrogen-bond acceptors (Lipinski definition) is 0. The SMILES string of the molecule is [CH3][Ag]([CH3])[CH3]. The van der Waals surface area contributed by atoms with E-state index >= 15 is 0 Å². The van der Waals surface area contributed by atoms with Crippen molar-refractivity contribution in [3.8, 4) is 0 Å². The fourth-order valence-corrected chi connectivity index (χ4v) is 0. The molecule has 0 amide bonds. The average molecular weight is 153 g/mol. The van der Waals surface area contributed by atoms with E-state index in [1.807, 2.05) is 0 Å². The molecule has 0 aliphatic carbocycles. The van der Waals surface area contributed by atoms with Crippen molar-refractivity contribution >= 4 is 0 Å². The Hall–Kier alpha value is 0.740. The van der Waals surface area contributed by atoms with Crippen molar-refractivity contribution in [3.05, 3.63) is 0 Å². The fourth-order valence-electron chi connectivity index (χ4n) is 0. The van der Waals surface area contributed by atoms with Crippen LogP contribution in [0.1, 0.15) is 0 Å². The summed E-state index contributed by atoms with van der Waals surface area (Å²) in [5.41, 5.74) is 0. The molecule has 0 N–H and O–H groups in total. The molecule has 0 aromatic rings. The van der Waals surface area contributed by atoms with Crippen molar-refractivity contribution in [2.45, 2.75) is 15.4 Å². The van der Waals surface area contributed by atoms with Gasteiger partial charge in [-0.05, 0) is 0 Å². The van der Waals surface area contributed by atoms with E-state index in [0.717, 1.165) is 0 Å². The van der Waals surface area contributed by atoms with Crippen LogP contribution < -0.4 is 0 Å². The summed E-state index contributed by atoms with van der Waals surface area (Å²) in [5.74, 6) is 0. The van der Waals surface area contributed by atoms with Crippen molar-refractivity contribution in [3.63, 3.8) is 0 Å². The molecular weight excluding hydrogens is 144 g/mol. The summed E-state index contributed by atoms with van der Waals surface area (Å²) in [7, 11) is 0. The Balaban J connectivity index is 2.32. The van der Waals surface area contributed by atoms with Gasteiger partial charge in [0.25, 0.3) is 0 Å². The van der Waals surface area contributed by atoms with Gasteiger partial charge < -0.3 is 0 Å². The van der Waals surface area contributed by atoms with Crippen molar-refractivity contribution in [1.82, 2.24) is 0 Å². The van der Waals surface area contributed by atoms with Gasteiger partial charge in [0.05, 0.1) is 0 Å². The average Bonchev–Trinajstić information content (AvgIpc) is 0.811. The van der Waals surface area contributed by atoms with Crippen molar-refractivity contribution in [2.24, 2.45) is 0 Å². The predicted molar refractivity (Wildman–Crippen MR) is 17.6 cm³/mol. The summed E-state index contributed by atoms with van der Waals surface area (Å²) in [6, 6.07) is 0. The third kappa shape index (κ3) is 15.1. The topological polar surface area (TPSA) is 0 Å². The second-order valence-electron chi connectivity index (χ2n) is 0.905. The first-order chi connectivity index (χ1) is 1.73. The van der Waals surface area contributed by atoms with Gasteiger partial charge in [-0.25, -0.2) is 0 Å². The van der Waals surface area contributed by atoms with Crippen LogP contribution in [0, 0.1) is 0 Å². The van der Waals surface area contributed by atoms with Crippen LogP contribution in [0.4, 0.5) is 0 Å². The van der Waals surface area contributed by atoms with E-state index in [2.05, 4.69) is 15.4 Å². The molecule has 0 aliphatic rings. The Kier molecular flexibility index (Phi) is 2.38. The van der Waals surface area contributed by atoms with Crippen molar-refractivity contribution in [2.75, 3.05) is 0 Å². The summed E-state index contributed by atoms with van der Waals surface area (Å²) >= 11 is 0.110. The molecule has 0 aromatic carbocycles. The van der Waals surface area contributed by atoms with Gasteiger partial charge >= 0.3 is 33.9 Å². The molecule has 0 fully saturated rings. The van der Waals surface area contributed by atoms with Gasteiger partial charge in [0.2, 0.25) is 0 Å². The zero-order valence-electron chi connectivity index (χ0n) is 3.30. The zero-order chi connectivity index (χ0) is 3.58. The van der Waals surface area contributed by atoms with E-state index in [4.69, 9.17) is 0 Å². The van der Waals surface area contributed by atoms with E-state index in [9.17, 15) is 0 Å². The van der Waals surface area contributed by atoms with Gasteiger partial charge in [-0.2, -0.15) is 0 Å². The molecule has 0 aliphatic heterocycles. The van der Waals surface area contributed by atoms with Crippen LogP contribution in [-0.2, 0) is 18.4 Å². The Labute approximate surface area is 34.3 Å². The van der Waals surface area contributed by atoms with Gasteiger partial charge in [0, 0.05) is 0 Å². The van der Waals surface area contributed by atoms with E-state index < -0.39 is 0 Å². The first-order valence-corrected chi connectivity index (χ1v) is 5.35. The monoisotopic (exact) mass is 152 g/mol. The molecule has 32 valence electrons. The Morgan fingerprint density at radius 1 is 1.00 bits per heavy atom. The summed E-state index contributed by atoms with van der Waals surface area (Å²) in [4.78, 5) is 0. The number of hydrogen-bond donors (Lipinski definition) is 0. The third-order valence-electron chi connectivity index (χ3n) is 0. The fraction of sp³-hybridized carbons (Fsp3) is 1.00. The molecule has 0 bridgehead atoms. The van der Waals surface area contributed by atoms with Crippen LogP contribution in [0.25, 0.3) is 0 Å². The van der Waals surface area contributed by atoms with Crippen molar-refractivity contribution < 1.29 is 18.4 Å². The molecule has 0 rings (SSSR count). The molecule has 0 saturated heterocycles. The van der Waals surface area contributed by atoms with Gasteiger partial charge in [-0.3, -0.25) is 0 Å². The van der Waals surface area contributed by atoms with E-state index in [0.29, 0.717) is 0 Å². The quantitative estimate of drug-likeness (QED) is 0.465. The Morgan fingerprint density at radius 3 is 1.00 bits per heavy atom. The molecule has 0 spiro atoms. The van der Waals surface area contributed by atoms with Gasteiger partial charge in [-0.1, -0.05) is 0 Å². The second-order valence-corrected chi connectivity index (χ2v) is 5.35. The molecule has 1 heteroatoms. The molecule has 0 nitrogen and oxygen atoms in total. The maximum absolute atomic E-state index is 2.27. The van der Waals surface area contributed by atoms with Crippen LogP contribution in [0.15, 0.2) is 0 Å². The molecular formula is C3H9Ag. The first-order valence-electron chi connectivity index (χ1n) is 0.905. The third-order valence-corrected chi connectivity index (χ3v) is 0. The molecule has 0 heterocycles. The summed E-state index contributed by atoms with van der Waals surface area (Å²) < 4.78 is 0. The molecule has 0 radical (unpaired) electrons. The summed E-state index contributed by atoms with van der Waals surface area (Å²) in [6.45, 7) is 0.